The third-order valence-electron chi connectivity index (χ3n) is 3.06. The Balaban J connectivity index is 1.84. The monoisotopic (exact) mass is 313 g/mol. The lowest BCUT2D eigenvalue weighted by molar-refractivity contribution is -0.141. The zero-order valence-corrected chi connectivity index (χ0v) is 13.0. The van der Waals surface area contributed by atoms with Crippen molar-refractivity contribution < 1.29 is 19.1 Å². The van der Waals surface area contributed by atoms with Gasteiger partial charge in [0.1, 0.15) is 18.9 Å². The molecule has 0 aromatic heterocycles. The number of hydrogen-bond donors (Lipinski definition) is 1. The van der Waals surface area contributed by atoms with E-state index in [4.69, 9.17) is 9.47 Å². The molecule has 0 spiro atoms. The topological polar surface area (TPSA) is 64.6 Å². The van der Waals surface area contributed by atoms with Crippen molar-refractivity contribution in [1.29, 1.82) is 0 Å². The molecular weight excluding hydrogens is 294 g/mol. The number of benzene rings is 2. The van der Waals surface area contributed by atoms with Crippen molar-refractivity contribution in [3.63, 3.8) is 0 Å². The molecule has 120 valence electrons. The molecule has 5 heteroatoms. The molecule has 0 atom stereocenters. The number of carbonyl (C=O) groups is 2. The Morgan fingerprint density at radius 3 is 2.35 bits per heavy atom. The second-order valence-corrected chi connectivity index (χ2v) is 4.79. The van der Waals surface area contributed by atoms with E-state index in [9.17, 15) is 9.59 Å². The van der Waals surface area contributed by atoms with E-state index in [0.717, 1.165) is 5.56 Å². The van der Waals surface area contributed by atoms with Crippen LogP contribution in [0.2, 0.25) is 0 Å². The summed E-state index contributed by atoms with van der Waals surface area (Å²) in [5.74, 6) is -0.105. The van der Waals surface area contributed by atoms with Gasteiger partial charge in [0.25, 0.3) is 5.91 Å². The Kier molecular flexibility index (Phi) is 6.17. The van der Waals surface area contributed by atoms with Gasteiger partial charge in [-0.15, -0.1) is 0 Å². The van der Waals surface area contributed by atoms with Crippen molar-refractivity contribution >= 4 is 11.9 Å². The molecule has 0 aliphatic heterocycles. The van der Waals surface area contributed by atoms with E-state index in [-0.39, 0.29) is 12.5 Å². The maximum Gasteiger partial charge on any atom is 0.325 e. The van der Waals surface area contributed by atoms with E-state index in [1.54, 1.807) is 31.2 Å². The Morgan fingerprint density at radius 2 is 1.70 bits per heavy atom. The van der Waals surface area contributed by atoms with Crippen LogP contribution in [0.5, 0.6) is 5.75 Å². The molecule has 1 N–H and O–H groups in total. The largest absolute Gasteiger partial charge is 0.489 e. The Bertz CT molecular complexity index is 638. The minimum atomic E-state index is -0.455. The Labute approximate surface area is 135 Å². The molecule has 0 heterocycles. The van der Waals surface area contributed by atoms with Crippen LogP contribution in [0.4, 0.5) is 0 Å². The molecule has 0 unspecified atom stereocenters. The van der Waals surface area contributed by atoms with Crippen LogP contribution in [0.15, 0.2) is 54.6 Å². The smallest absolute Gasteiger partial charge is 0.325 e. The van der Waals surface area contributed by atoms with Gasteiger partial charge in [0.05, 0.1) is 6.61 Å². The van der Waals surface area contributed by atoms with Gasteiger partial charge in [-0.3, -0.25) is 9.59 Å². The van der Waals surface area contributed by atoms with E-state index >= 15 is 0 Å². The van der Waals surface area contributed by atoms with Crippen molar-refractivity contribution in [2.75, 3.05) is 13.2 Å². The van der Waals surface area contributed by atoms with Gasteiger partial charge < -0.3 is 14.8 Å². The first-order valence-electron chi connectivity index (χ1n) is 7.39. The molecule has 0 saturated carbocycles. The van der Waals surface area contributed by atoms with Crippen molar-refractivity contribution in [1.82, 2.24) is 5.32 Å². The first-order chi connectivity index (χ1) is 11.2. The minimum Gasteiger partial charge on any atom is -0.489 e. The molecule has 0 radical (unpaired) electrons. The number of ether oxygens (including phenoxy) is 2. The lowest BCUT2D eigenvalue weighted by Gasteiger charge is -2.08. The van der Waals surface area contributed by atoms with Crippen LogP contribution in [0.3, 0.4) is 0 Å². The SMILES string of the molecule is CCOC(=O)CNC(=O)c1ccc(OCc2ccccc2)cc1. The predicted molar refractivity (Wildman–Crippen MR) is 86.2 cm³/mol. The van der Waals surface area contributed by atoms with Crippen LogP contribution in [0, 0.1) is 0 Å². The molecule has 0 fully saturated rings. The summed E-state index contributed by atoms with van der Waals surface area (Å²) >= 11 is 0. The third-order valence-corrected chi connectivity index (χ3v) is 3.06. The van der Waals surface area contributed by atoms with Gasteiger partial charge in [-0.1, -0.05) is 30.3 Å². The van der Waals surface area contributed by atoms with Crippen molar-refractivity contribution in [3.05, 3.63) is 65.7 Å². The van der Waals surface area contributed by atoms with Gasteiger partial charge >= 0.3 is 5.97 Å². The molecule has 2 aromatic carbocycles. The normalized spacial score (nSPS) is 9.96. The fourth-order valence-corrected chi connectivity index (χ4v) is 1.91. The zero-order chi connectivity index (χ0) is 16.5. The average molecular weight is 313 g/mol. The van der Waals surface area contributed by atoms with Crippen molar-refractivity contribution in [2.24, 2.45) is 0 Å². The summed E-state index contributed by atoms with van der Waals surface area (Å²) in [5, 5.41) is 2.51. The van der Waals surface area contributed by atoms with Crippen LogP contribution in [-0.2, 0) is 16.1 Å². The highest BCUT2D eigenvalue weighted by Crippen LogP contribution is 2.14. The number of hydrogen-bond acceptors (Lipinski definition) is 4. The van der Waals surface area contributed by atoms with Gasteiger partial charge in [-0.2, -0.15) is 0 Å². The highest BCUT2D eigenvalue weighted by Gasteiger charge is 2.08. The standard InChI is InChI=1S/C18H19NO4/c1-2-22-17(20)12-19-18(21)15-8-10-16(11-9-15)23-13-14-6-4-3-5-7-14/h3-11H,2,12-13H2,1H3,(H,19,21). The first kappa shape index (κ1) is 16.5. The fraction of sp³-hybridized carbons (Fsp3) is 0.222. The average Bonchev–Trinajstić information content (AvgIpc) is 2.59. The third kappa shape index (κ3) is 5.47. The Morgan fingerprint density at radius 1 is 1.00 bits per heavy atom. The van der Waals surface area contributed by atoms with Gasteiger partial charge in [-0.25, -0.2) is 0 Å². The fourth-order valence-electron chi connectivity index (χ4n) is 1.91. The van der Waals surface area contributed by atoms with E-state index in [1.165, 1.54) is 0 Å². The summed E-state index contributed by atoms with van der Waals surface area (Å²) in [6, 6.07) is 16.6. The van der Waals surface area contributed by atoms with Gasteiger partial charge in [0, 0.05) is 5.56 Å². The maximum absolute atomic E-state index is 11.9. The summed E-state index contributed by atoms with van der Waals surface area (Å²) < 4.78 is 10.4. The van der Waals surface area contributed by atoms with Crippen molar-refractivity contribution in [2.45, 2.75) is 13.5 Å². The lowest BCUT2D eigenvalue weighted by atomic mass is 10.2. The lowest BCUT2D eigenvalue weighted by Crippen LogP contribution is -2.30. The van der Waals surface area contributed by atoms with E-state index < -0.39 is 5.97 Å². The molecule has 0 bridgehead atoms. The van der Waals surface area contributed by atoms with Gasteiger partial charge in [0.2, 0.25) is 0 Å². The van der Waals surface area contributed by atoms with Crippen LogP contribution in [0.25, 0.3) is 0 Å². The molecule has 0 aliphatic carbocycles. The summed E-state index contributed by atoms with van der Waals surface area (Å²) in [7, 11) is 0. The quantitative estimate of drug-likeness (QED) is 0.798. The van der Waals surface area contributed by atoms with Crippen LogP contribution >= 0.6 is 0 Å². The van der Waals surface area contributed by atoms with E-state index in [0.29, 0.717) is 24.5 Å². The predicted octanol–water partition coefficient (Wildman–Crippen LogP) is 2.56. The highest BCUT2D eigenvalue weighted by molar-refractivity contribution is 5.95. The van der Waals surface area contributed by atoms with Gasteiger partial charge in [0.15, 0.2) is 0 Å². The summed E-state index contributed by atoms with van der Waals surface area (Å²) in [6.45, 7) is 2.34. The molecule has 2 rings (SSSR count). The van der Waals surface area contributed by atoms with Gasteiger partial charge in [-0.05, 0) is 36.8 Å². The summed E-state index contributed by atoms with van der Waals surface area (Å²) in [6.07, 6.45) is 0. The van der Waals surface area contributed by atoms with Crippen LogP contribution < -0.4 is 10.1 Å². The van der Waals surface area contributed by atoms with Crippen LogP contribution in [0.1, 0.15) is 22.8 Å². The zero-order valence-electron chi connectivity index (χ0n) is 13.0. The highest BCUT2D eigenvalue weighted by atomic mass is 16.5. The Hall–Kier alpha value is -2.82. The molecule has 5 nitrogen and oxygen atoms in total. The van der Waals surface area contributed by atoms with Crippen LogP contribution in [-0.4, -0.2) is 25.0 Å². The van der Waals surface area contributed by atoms with Crippen molar-refractivity contribution in [3.8, 4) is 5.75 Å². The molecule has 23 heavy (non-hydrogen) atoms. The number of amides is 1. The molecule has 0 saturated heterocycles. The number of rotatable bonds is 7. The van der Waals surface area contributed by atoms with E-state index in [1.807, 2.05) is 30.3 Å². The molecular formula is C18H19NO4. The first-order valence-corrected chi connectivity index (χ1v) is 7.39. The second-order valence-electron chi connectivity index (χ2n) is 4.79. The second kappa shape index (κ2) is 8.58. The van der Waals surface area contributed by atoms with E-state index in [2.05, 4.69) is 5.32 Å². The number of nitrogens with one attached hydrogen (secondary N) is 1. The number of esters is 1. The minimum absolute atomic E-state index is 0.140. The molecule has 0 aliphatic rings. The molecule has 1 amide bonds. The number of carbonyl (C=O) groups excluding carboxylic acids is 2. The summed E-state index contributed by atoms with van der Waals surface area (Å²) in [5.41, 5.74) is 1.53. The molecule has 2 aromatic rings. The summed E-state index contributed by atoms with van der Waals surface area (Å²) in [4.78, 5) is 23.1. The maximum atomic E-state index is 11.9.